The number of rotatable bonds is 2. The lowest BCUT2D eigenvalue weighted by atomic mass is 9.86. The quantitative estimate of drug-likeness (QED) is 0.799. The van der Waals surface area contributed by atoms with Crippen molar-refractivity contribution in [3.05, 3.63) is 0 Å². The van der Waals surface area contributed by atoms with Crippen molar-refractivity contribution in [2.45, 2.75) is 58.5 Å². The van der Waals surface area contributed by atoms with Crippen LogP contribution in [0.3, 0.4) is 0 Å². The molecule has 4 atom stereocenters. The Morgan fingerprint density at radius 3 is 2.35 bits per heavy atom. The van der Waals surface area contributed by atoms with Crippen LogP contribution in [0.2, 0.25) is 0 Å². The van der Waals surface area contributed by atoms with Crippen LogP contribution in [0.4, 0.5) is 0 Å². The van der Waals surface area contributed by atoms with E-state index in [9.17, 15) is 4.79 Å². The summed E-state index contributed by atoms with van der Waals surface area (Å²) in [6.45, 7) is 6.04. The maximum absolute atomic E-state index is 12.0. The molecular formula is C13H25ClN2O. The number of fused-ring (bicyclic) bond motifs is 2. The van der Waals surface area contributed by atoms with Crippen LogP contribution < -0.4 is 11.1 Å². The van der Waals surface area contributed by atoms with E-state index in [0.717, 1.165) is 11.8 Å². The van der Waals surface area contributed by atoms with Crippen LogP contribution in [0.15, 0.2) is 0 Å². The third-order valence-corrected chi connectivity index (χ3v) is 4.28. The van der Waals surface area contributed by atoms with Gasteiger partial charge in [0.15, 0.2) is 0 Å². The largest absolute Gasteiger partial charge is 0.352 e. The molecule has 2 fully saturated rings. The molecule has 0 saturated heterocycles. The lowest BCUT2D eigenvalue weighted by molar-refractivity contribution is -0.125. The fraction of sp³-hybridized carbons (Fsp3) is 0.923. The summed E-state index contributed by atoms with van der Waals surface area (Å²) in [5.41, 5.74) is 5.81. The molecule has 0 aromatic heterocycles. The average molecular weight is 261 g/mol. The molecule has 0 spiro atoms. The van der Waals surface area contributed by atoms with Crippen LogP contribution >= 0.6 is 12.4 Å². The van der Waals surface area contributed by atoms with Crippen LogP contribution in [0.25, 0.3) is 0 Å². The molecule has 2 aliphatic carbocycles. The van der Waals surface area contributed by atoms with Crippen LogP contribution in [-0.4, -0.2) is 18.0 Å². The van der Waals surface area contributed by atoms with Gasteiger partial charge in [-0.25, -0.2) is 0 Å². The Labute approximate surface area is 110 Å². The lowest BCUT2D eigenvalue weighted by Crippen LogP contribution is -2.52. The normalized spacial score (nSPS) is 33.1. The highest BCUT2D eigenvalue weighted by atomic mass is 35.5. The number of carbonyl (C=O) groups is 1. The standard InChI is InChI=1S/C13H24N2O.ClH/c1-13(2,3)11(14)12(16)15-10-7-8-4-5-9(10)6-8;/h8-11H,4-7,14H2,1-3H3,(H,15,16);1H/t8?,9?,10?,11-;/m1./s1. The molecule has 3 unspecified atom stereocenters. The van der Waals surface area contributed by atoms with Crippen molar-refractivity contribution in [1.82, 2.24) is 5.32 Å². The molecule has 0 radical (unpaired) electrons. The first-order chi connectivity index (χ1) is 7.38. The van der Waals surface area contributed by atoms with Crippen LogP contribution in [0.5, 0.6) is 0 Å². The Hall–Kier alpha value is -0.280. The van der Waals surface area contributed by atoms with Crippen molar-refractivity contribution in [2.24, 2.45) is 23.0 Å². The number of nitrogens with two attached hydrogens (primary N) is 1. The minimum atomic E-state index is -0.397. The Bertz CT molecular complexity index is 288. The molecule has 1 amide bonds. The van der Waals surface area contributed by atoms with Gasteiger partial charge in [-0.1, -0.05) is 27.2 Å². The lowest BCUT2D eigenvalue weighted by Gasteiger charge is -2.29. The highest BCUT2D eigenvalue weighted by Gasteiger charge is 2.41. The Morgan fingerprint density at radius 1 is 1.29 bits per heavy atom. The van der Waals surface area contributed by atoms with Crippen molar-refractivity contribution in [3.8, 4) is 0 Å². The van der Waals surface area contributed by atoms with Gasteiger partial charge < -0.3 is 11.1 Å². The third-order valence-electron chi connectivity index (χ3n) is 4.28. The van der Waals surface area contributed by atoms with E-state index in [1.807, 2.05) is 20.8 Å². The van der Waals surface area contributed by atoms with Gasteiger partial charge in [0, 0.05) is 6.04 Å². The molecule has 4 heteroatoms. The molecule has 2 saturated carbocycles. The second kappa shape index (κ2) is 5.15. The van der Waals surface area contributed by atoms with E-state index in [-0.39, 0.29) is 23.7 Å². The van der Waals surface area contributed by atoms with Gasteiger partial charge in [0.1, 0.15) is 0 Å². The summed E-state index contributed by atoms with van der Waals surface area (Å²) in [5.74, 6) is 1.62. The molecule has 2 aliphatic rings. The predicted molar refractivity (Wildman–Crippen MR) is 72.1 cm³/mol. The van der Waals surface area contributed by atoms with Gasteiger partial charge in [-0.2, -0.15) is 0 Å². The predicted octanol–water partition coefficient (Wildman–Crippen LogP) is 2.09. The van der Waals surface area contributed by atoms with E-state index in [4.69, 9.17) is 5.73 Å². The van der Waals surface area contributed by atoms with E-state index in [1.54, 1.807) is 0 Å². The minimum Gasteiger partial charge on any atom is -0.352 e. The maximum atomic E-state index is 12.0. The third kappa shape index (κ3) is 3.14. The average Bonchev–Trinajstić information content (AvgIpc) is 2.76. The molecule has 17 heavy (non-hydrogen) atoms. The summed E-state index contributed by atoms with van der Waals surface area (Å²) in [7, 11) is 0. The zero-order chi connectivity index (χ0) is 11.9. The van der Waals surface area contributed by atoms with Crippen molar-refractivity contribution in [2.75, 3.05) is 0 Å². The highest BCUT2D eigenvalue weighted by Crippen LogP contribution is 2.44. The second-order valence-corrected chi connectivity index (χ2v) is 6.63. The van der Waals surface area contributed by atoms with Gasteiger partial charge in [0.2, 0.25) is 5.91 Å². The topological polar surface area (TPSA) is 55.1 Å². The molecule has 0 aromatic carbocycles. The number of amides is 1. The molecule has 3 nitrogen and oxygen atoms in total. The van der Waals surface area contributed by atoms with Gasteiger partial charge >= 0.3 is 0 Å². The molecule has 100 valence electrons. The van der Waals surface area contributed by atoms with Crippen LogP contribution in [-0.2, 0) is 4.79 Å². The van der Waals surface area contributed by atoms with Crippen molar-refractivity contribution in [1.29, 1.82) is 0 Å². The molecule has 0 aromatic rings. The summed E-state index contributed by atoms with van der Waals surface area (Å²) < 4.78 is 0. The summed E-state index contributed by atoms with van der Waals surface area (Å²) in [6.07, 6.45) is 5.14. The number of nitrogens with one attached hydrogen (secondary N) is 1. The van der Waals surface area contributed by atoms with Gasteiger partial charge in [-0.3, -0.25) is 4.79 Å². The molecule has 2 bridgehead atoms. The Kier molecular flexibility index (Phi) is 4.48. The van der Waals surface area contributed by atoms with E-state index < -0.39 is 6.04 Å². The van der Waals surface area contributed by atoms with Gasteiger partial charge in [-0.15, -0.1) is 12.4 Å². The zero-order valence-electron chi connectivity index (χ0n) is 11.0. The van der Waals surface area contributed by atoms with Gasteiger partial charge in [0.05, 0.1) is 6.04 Å². The SMILES string of the molecule is CC(C)(C)[C@H](N)C(=O)NC1CC2CCC1C2.Cl. The summed E-state index contributed by atoms with van der Waals surface area (Å²) >= 11 is 0. The summed E-state index contributed by atoms with van der Waals surface area (Å²) in [6, 6.07) is 0.00581. The van der Waals surface area contributed by atoms with Crippen molar-refractivity contribution < 1.29 is 4.79 Å². The summed E-state index contributed by atoms with van der Waals surface area (Å²) in [4.78, 5) is 12.0. The number of halogens is 1. The first-order valence-corrected chi connectivity index (χ1v) is 6.44. The highest BCUT2D eigenvalue weighted by molar-refractivity contribution is 5.85. The van der Waals surface area contributed by atoms with Crippen molar-refractivity contribution >= 4 is 18.3 Å². The maximum Gasteiger partial charge on any atom is 0.237 e. The summed E-state index contributed by atoms with van der Waals surface area (Å²) in [5, 5.41) is 3.15. The second-order valence-electron chi connectivity index (χ2n) is 6.63. The number of hydrogen-bond acceptors (Lipinski definition) is 2. The first kappa shape index (κ1) is 14.8. The first-order valence-electron chi connectivity index (χ1n) is 6.44. The molecular weight excluding hydrogens is 236 g/mol. The monoisotopic (exact) mass is 260 g/mol. The van der Waals surface area contributed by atoms with Crippen LogP contribution in [0, 0.1) is 17.3 Å². The fourth-order valence-electron chi connectivity index (χ4n) is 3.09. The van der Waals surface area contributed by atoms with Gasteiger partial charge in [-0.05, 0) is 36.5 Å². The molecule has 0 aliphatic heterocycles. The molecule has 2 rings (SSSR count). The smallest absolute Gasteiger partial charge is 0.237 e. The van der Waals surface area contributed by atoms with Crippen molar-refractivity contribution in [3.63, 3.8) is 0 Å². The number of hydrogen-bond donors (Lipinski definition) is 2. The van der Waals surface area contributed by atoms with E-state index >= 15 is 0 Å². The van der Waals surface area contributed by atoms with E-state index in [0.29, 0.717) is 6.04 Å². The van der Waals surface area contributed by atoms with E-state index in [1.165, 1.54) is 25.7 Å². The molecule has 3 N–H and O–H groups in total. The Balaban J connectivity index is 0.00000144. The van der Waals surface area contributed by atoms with Crippen LogP contribution in [0.1, 0.15) is 46.5 Å². The zero-order valence-corrected chi connectivity index (χ0v) is 11.8. The fourth-order valence-corrected chi connectivity index (χ4v) is 3.09. The van der Waals surface area contributed by atoms with E-state index in [2.05, 4.69) is 5.32 Å². The Morgan fingerprint density at radius 2 is 1.94 bits per heavy atom. The van der Waals surface area contributed by atoms with Gasteiger partial charge in [0.25, 0.3) is 0 Å². The molecule has 0 heterocycles. The number of carbonyl (C=O) groups excluding carboxylic acids is 1. The minimum absolute atomic E-state index is 0.